The first-order chi connectivity index (χ1) is 10.6. The maximum absolute atomic E-state index is 11.3. The van der Waals surface area contributed by atoms with Gasteiger partial charge in [0.15, 0.2) is 0 Å². The first-order valence-corrected chi connectivity index (χ1v) is 7.59. The average Bonchev–Trinajstić information content (AvgIpc) is 3.00. The minimum atomic E-state index is -0.827. The number of hydrogen-bond acceptors (Lipinski definition) is 4. The topological polar surface area (TPSA) is 66.3 Å². The second-order valence-corrected chi connectivity index (χ2v) is 5.89. The Morgan fingerprint density at radius 2 is 2.05 bits per heavy atom. The molecule has 3 rings (SSSR count). The Labute approximate surface area is 137 Å². The number of carboxylic acids is 1. The van der Waals surface area contributed by atoms with Crippen molar-refractivity contribution in [1.29, 1.82) is 0 Å². The van der Waals surface area contributed by atoms with E-state index in [2.05, 4.69) is 9.97 Å². The van der Waals surface area contributed by atoms with Gasteiger partial charge in [0.1, 0.15) is 18.2 Å². The van der Waals surface area contributed by atoms with Crippen LogP contribution < -0.4 is 4.90 Å². The number of nitrogens with zero attached hydrogens (tertiary/aromatic N) is 3. The summed E-state index contributed by atoms with van der Waals surface area (Å²) in [4.78, 5) is 21.5. The molecule has 7 heteroatoms. The van der Waals surface area contributed by atoms with Crippen molar-refractivity contribution < 1.29 is 9.90 Å². The summed E-state index contributed by atoms with van der Waals surface area (Å²) < 4.78 is 0. The Bertz CT molecular complexity index is 724. The minimum Gasteiger partial charge on any atom is -0.480 e. The summed E-state index contributed by atoms with van der Waals surface area (Å²) in [5, 5.41) is 10.2. The van der Waals surface area contributed by atoms with Gasteiger partial charge in [-0.3, -0.25) is 0 Å². The molecule has 1 aromatic carbocycles. The van der Waals surface area contributed by atoms with Gasteiger partial charge in [0, 0.05) is 18.2 Å². The molecule has 1 fully saturated rings. The molecule has 2 heterocycles. The summed E-state index contributed by atoms with van der Waals surface area (Å²) in [5.41, 5.74) is 1.49. The van der Waals surface area contributed by atoms with E-state index in [1.165, 1.54) is 6.33 Å². The predicted octanol–water partition coefficient (Wildman–Crippen LogP) is 3.50. The maximum Gasteiger partial charge on any atom is 0.326 e. The lowest BCUT2D eigenvalue weighted by molar-refractivity contribution is -0.138. The second kappa shape index (κ2) is 6.10. The van der Waals surface area contributed by atoms with Crippen molar-refractivity contribution in [2.45, 2.75) is 18.9 Å². The van der Waals surface area contributed by atoms with E-state index in [4.69, 9.17) is 23.2 Å². The smallest absolute Gasteiger partial charge is 0.326 e. The fourth-order valence-corrected chi connectivity index (χ4v) is 2.91. The second-order valence-electron chi connectivity index (χ2n) is 5.08. The van der Waals surface area contributed by atoms with E-state index in [1.807, 2.05) is 6.07 Å². The Hall–Kier alpha value is -1.85. The zero-order valence-corrected chi connectivity index (χ0v) is 13.1. The van der Waals surface area contributed by atoms with Crippen molar-refractivity contribution in [3.05, 3.63) is 40.6 Å². The van der Waals surface area contributed by atoms with E-state index in [1.54, 1.807) is 23.1 Å². The van der Waals surface area contributed by atoms with Crippen LogP contribution in [0.4, 0.5) is 5.82 Å². The van der Waals surface area contributed by atoms with Crippen molar-refractivity contribution in [3.8, 4) is 11.3 Å². The molecule has 0 saturated carbocycles. The zero-order valence-electron chi connectivity index (χ0n) is 11.5. The van der Waals surface area contributed by atoms with Crippen LogP contribution in [0.2, 0.25) is 10.0 Å². The van der Waals surface area contributed by atoms with E-state index < -0.39 is 12.0 Å². The summed E-state index contributed by atoms with van der Waals surface area (Å²) in [6.45, 7) is 0.675. The summed E-state index contributed by atoms with van der Waals surface area (Å²) in [6.07, 6.45) is 2.90. The van der Waals surface area contributed by atoms with Crippen LogP contribution in [0.1, 0.15) is 12.8 Å². The molecule has 0 unspecified atom stereocenters. The third kappa shape index (κ3) is 2.87. The first kappa shape index (κ1) is 15.1. The quantitative estimate of drug-likeness (QED) is 0.928. The average molecular weight is 338 g/mol. The molecule has 0 radical (unpaired) electrons. The van der Waals surface area contributed by atoms with E-state index in [9.17, 15) is 9.90 Å². The van der Waals surface area contributed by atoms with Crippen LogP contribution in [0.5, 0.6) is 0 Å². The molecule has 0 aliphatic carbocycles. The van der Waals surface area contributed by atoms with Crippen molar-refractivity contribution in [2.75, 3.05) is 11.4 Å². The predicted molar refractivity (Wildman–Crippen MR) is 85.5 cm³/mol. The van der Waals surface area contributed by atoms with Gasteiger partial charge in [0.05, 0.1) is 15.7 Å². The summed E-state index contributed by atoms with van der Waals surface area (Å²) in [7, 11) is 0. The summed E-state index contributed by atoms with van der Waals surface area (Å²) in [5.74, 6) is -0.215. The van der Waals surface area contributed by atoms with Gasteiger partial charge in [0.2, 0.25) is 0 Å². The lowest BCUT2D eigenvalue weighted by Crippen LogP contribution is -2.36. The first-order valence-electron chi connectivity index (χ1n) is 6.83. The van der Waals surface area contributed by atoms with Crippen LogP contribution in [0, 0.1) is 0 Å². The van der Waals surface area contributed by atoms with Crippen LogP contribution in [0.25, 0.3) is 11.3 Å². The Morgan fingerprint density at radius 3 is 2.77 bits per heavy atom. The minimum absolute atomic E-state index is 0.448. The number of carboxylic acid groups (broad SMARTS) is 1. The molecule has 1 aliphatic rings. The van der Waals surface area contributed by atoms with Gasteiger partial charge < -0.3 is 10.0 Å². The van der Waals surface area contributed by atoms with Crippen LogP contribution >= 0.6 is 23.2 Å². The fourth-order valence-electron chi connectivity index (χ4n) is 2.62. The van der Waals surface area contributed by atoms with Crippen molar-refractivity contribution in [1.82, 2.24) is 9.97 Å². The van der Waals surface area contributed by atoms with Gasteiger partial charge in [-0.05, 0) is 25.0 Å². The Balaban J connectivity index is 1.95. The van der Waals surface area contributed by atoms with Gasteiger partial charge in [-0.25, -0.2) is 14.8 Å². The molecule has 1 saturated heterocycles. The number of halogens is 2. The molecule has 22 heavy (non-hydrogen) atoms. The number of benzene rings is 1. The summed E-state index contributed by atoms with van der Waals surface area (Å²) >= 11 is 12.0. The molecular formula is C15H13Cl2N3O2. The monoisotopic (exact) mass is 337 g/mol. The van der Waals surface area contributed by atoms with Crippen LogP contribution in [-0.2, 0) is 4.79 Å². The molecule has 1 aliphatic heterocycles. The molecule has 114 valence electrons. The molecule has 0 spiro atoms. The summed E-state index contributed by atoms with van der Waals surface area (Å²) in [6, 6.07) is 6.50. The van der Waals surface area contributed by atoms with Crippen LogP contribution in [0.15, 0.2) is 30.6 Å². The molecule has 5 nitrogen and oxygen atoms in total. The number of aliphatic carboxylic acids is 1. The van der Waals surface area contributed by atoms with E-state index in [0.29, 0.717) is 34.5 Å². The lowest BCUT2D eigenvalue weighted by Gasteiger charge is -2.22. The number of rotatable bonds is 3. The highest BCUT2D eigenvalue weighted by Gasteiger charge is 2.31. The van der Waals surface area contributed by atoms with Gasteiger partial charge in [0.25, 0.3) is 0 Å². The van der Waals surface area contributed by atoms with E-state index >= 15 is 0 Å². The molecule has 1 N–H and O–H groups in total. The third-order valence-electron chi connectivity index (χ3n) is 3.70. The number of anilines is 1. The third-order valence-corrected chi connectivity index (χ3v) is 4.44. The molecule has 2 aromatic rings. The van der Waals surface area contributed by atoms with Gasteiger partial charge in [-0.1, -0.05) is 29.3 Å². The number of hydrogen-bond donors (Lipinski definition) is 1. The largest absolute Gasteiger partial charge is 0.480 e. The molecule has 0 amide bonds. The van der Waals surface area contributed by atoms with Crippen molar-refractivity contribution in [2.24, 2.45) is 0 Å². The fraction of sp³-hybridized carbons (Fsp3) is 0.267. The maximum atomic E-state index is 11.3. The highest BCUT2D eigenvalue weighted by Crippen LogP contribution is 2.30. The number of carbonyl (C=O) groups is 1. The molecular weight excluding hydrogens is 325 g/mol. The Kier molecular flexibility index (Phi) is 4.18. The standard InChI is InChI=1S/C15H13Cl2N3O2/c16-10-4-3-9(6-11(10)17)12-7-14(19-8-18-12)20-5-1-2-13(20)15(21)22/h3-4,6-8,13H,1-2,5H2,(H,21,22)/t13-/m1/s1. The van der Waals surface area contributed by atoms with Crippen LogP contribution in [0.3, 0.4) is 0 Å². The molecule has 1 atom stereocenters. The normalized spacial score (nSPS) is 17.7. The van der Waals surface area contributed by atoms with E-state index in [0.717, 1.165) is 12.0 Å². The highest BCUT2D eigenvalue weighted by molar-refractivity contribution is 6.42. The van der Waals surface area contributed by atoms with Gasteiger partial charge in [-0.2, -0.15) is 0 Å². The molecule has 0 bridgehead atoms. The van der Waals surface area contributed by atoms with Crippen molar-refractivity contribution in [3.63, 3.8) is 0 Å². The SMILES string of the molecule is O=C(O)[C@H]1CCCN1c1cc(-c2ccc(Cl)c(Cl)c2)ncn1. The van der Waals surface area contributed by atoms with Gasteiger partial charge >= 0.3 is 5.97 Å². The zero-order chi connectivity index (χ0) is 15.7. The lowest BCUT2D eigenvalue weighted by atomic mass is 10.1. The highest BCUT2D eigenvalue weighted by atomic mass is 35.5. The van der Waals surface area contributed by atoms with Crippen molar-refractivity contribution >= 4 is 35.0 Å². The molecule has 1 aromatic heterocycles. The van der Waals surface area contributed by atoms with Crippen LogP contribution in [-0.4, -0.2) is 33.6 Å². The van der Waals surface area contributed by atoms with Gasteiger partial charge in [-0.15, -0.1) is 0 Å². The van der Waals surface area contributed by atoms with E-state index in [-0.39, 0.29) is 0 Å². The Morgan fingerprint density at radius 1 is 1.23 bits per heavy atom. The number of aromatic nitrogens is 2.